The van der Waals surface area contributed by atoms with Gasteiger partial charge in [0.05, 0.1) is 0 Å². The molecule has 24 heavy (non-hydrogen) atoms. The van der Waals surface area contributed by atoms with Crippen molar-refractivity contribution in [2.75, 3.05) is 0 Å². The van der Waals surface area contributed by atoms with E-state index >= 15 is 0 Å². The van der Waals surface area contributed by atoms with Crippen LogP contribution in [0.2, 0.25) is 0 Å². The van der Waals surface area contributed by atoms with Crippen LogP contribution < -0.4 is 10.6 Å². The normalized spacial score (nSPS) is 11.7. The van der Waals surface area contributed by atoms with Crippen molar-refractivity contribution >= 4 is 34.8 Å². The molecule has 0 aromatic heterocycles. The molecule has 0 radical (unpaired) electrons. The molecule has 3 heteroatoms. The summed E-state index contributed by atoms with van der Waals surface area (Å²) in [6, 6.07) is 31.1. The van der Waals surface area contributed by atoms with Gasteiger partial charge in [0.25, 0.3) is 0 Å². The third-order valence-corrected chi connectivity index (χ3v) is 7.89. The van der Waals surface area contributed by atoms with E-state index in [4.69, 9.17) is 16.6 Å². The second kappa shape index (κ2) is 8.19. The van der Waals surface area contributed by atoms with E-state index in [1.165, 1.54) is 5.56 Å². The van der Waals surface area contributed by atoms with Crippen molar-refractivity contribution in [2.24, 2.45) is 4.76 Å². The highest BCUT2D eigenvalue weighted by atomic mass is 32.4. The Bertz CT molecular complexity index is 786. The fourth-order valence-electron chi connectivity index (χ4n) is 2.59. The van der Waals surface area contributed by atoms with Crippen LogP contribution in [-0.2, 0) is 18.2 Å². The largest absolute Gasteiger partial charge is 0.255 e. The second-order valence-corrected chi connectivity index (χ2v) is 9.57. The van der Waals surface area contributed by atoms with Crippen LogP contribution in [0.1, 0.15) is 12.0 Å². The topological polar surface area (TPSA) is 12.4 Å². The number of hydrogen-bond donors (Lipinski definition) is 0. The summed E-state index contributed by atoms with van der Waals surface area (Å²) in [6.07, 6.45) is 1.77. The Morgan fingerprint density at radius 2 is 1.17 bits per heavy atom. The van der Waals surface area contributed by atoms with Crippen molar-refractivity contribution < 1.29 is 0 Å². The highest BCUT2D eigenvalue weighted by Crippen LogP contribution is 2.45. The summed E-state index contributed by atoms with van der Waals surface area (Å²) < 4.78 is 4.91. The van der Waals surface area contributed by atoms with Crippen LogP contribution in [0.5, 0.6) is 0 Å². The van der Waals surface area contributed by atoms with Crippen LogP contribution in [-0.4, -0.2) is 6.21 Å². The molecule has 0 saturated heterocycles. The standard InChI is InChI=1S/C21H20NPS/c24-23(20-14-6-2-7-15-20,21-16-8-3-9-17-21)22-18-10-13-19-11-4-1-5-12-19/h1-9,11-12,14-18H,10,13H2/b22-18+. The van der Waals surface area contributed by atoms with Crippen LogP contribution in [0, 0.1) is 0 Å². The van der Waals surface area contributed by atoms with E-state index in [0.717, 1.165) is 23.5 Å². The second-order valence-electron chi connectivity index (χ2n) is 5.57. The number of rotatable bonds is 6. The van der Waals surface area contributed by atoms with Gasteiger partial charge < -0.3 is 0 Å². The van der Waals surface area contributed by atoms with Gasteiger partial charge in [-0.25, -0.2) is 0 Å². The summed E-state index contributed by atoms with van der Waals surface area (Å²) in [5.74, 6) is 0. The van der Waals surface area contributed by atoms with Crippen LogP contribution in [0.3, 0.4) is 0 Å². The zero-order valence-electron chi connectivity index (χ0n) is 13.5. The van der Waals surface area contributed by atoms with Gasteiger partial charge in [0, 0.05) is 16.8 Å². The first-order valence-corrected chi connectivity index (χ1v) is 10.8. The molecule has 0 aliphatic rings. The third-order valence-electron chi connectivity index (χ3n) is 3.86. The molecule has 0 N–H and O–H groups in total. The lowest BCUT2D eigenvalue weighted by Gasteiger charge is -2.18. The van der Waals surface area contributed by atoms with Gasteiger partial charge in [-0.2, -0.15) is 0 Å². The first-order chi connectivity index (χ1) is 11.8. The Balaban J connectivity index is 1.83. The Morgan fingerprint density at radius 1 is 0.708 bits per heavy atom. The zero-order chi connectivity index (χ0) is 16.7. The molecule has 0 amide bonds. The SMILES string of the molecule is S=P(/N=C/CCc1ccccc1)(c1ccccc1)c1ccccc1. The summed E-state index contributed by atoms with van der Waals surface area (Å²) >= 11 is 6.08. The highest BCUT2D eigenvalue weighted by Gasteiger charge is 2.19. The van der Waals surface area contributed by atoms with Gasteiger partial charge in [0.15, 0.2) is 0 Å². The Kier molecular flexibility index (Phi) is 5.74. The van der Waals surface area contributed by atoms with Gasteiger partial charge in [0.1, 0.15) is 6.19 Å². The van der Waals surface area contributed by atoms with E-state index in [2.05, 4.69) is 48.5 Å². The van der Waals surface area contributed by atoms with E-state index in [1.54, 1.807) is 0 Å². The van der Waals surface area contributed by atoms with E-state index in [-0.39, 0.29) is 0 Å². The minimum absolute atomic E-state index is 0.905. The number of nitrogens with zero attached hydrogens (tertiary/aromatic N) is 1. The molecule has 0 saturated carbocycles. The molecule has 0 bridgehead atoms. The average molecular weight is 349 g/mol. The zero-order valence-corrected chi connectivity index (χ0v) is 15.2. The van der Waals surface area contributed by atoms with E-state index in [0.29, 0.717) is 0 Å². The van der Waals surface area contributed by atoms with Crippen molar-refractivity contribution in [3.8, 4) is 0 Å². The summed E-state index contributed by atoms with van der Waals surface area (Å²) in [5, 5.41) is 2.28. The lowest BCUT2D eigenvalue weighted by atomic mass is 10.1. The predicted octanol–water partition coefficient (Wildman–Crippen LogP) is 4.74. The van der Waals surface area contributed by atoms with E-state index in [1.807, 2.05) is 48.7 Å². The third kappa shape index (κ3) is 4.08. The van der Waals surface area contributed by atoms with Gasteiger partial charge in [-0.05, 0) is 18.4 Å². The quantitative estimate of drug-likeness (QED) is 0.463. The molecule has 3 aromatic rings. The van der Waals surface area contributed by atoms with Gasteiger partial charge in [-0.1, -0.05) is 103 Å². The Labute approximate surface area is 149 Å². The summed E-state index contributed by atoms with van der Waals surface area (Å²) in [6.45, 7) is 0. The minimum Gasteiger partial charge on any atom is -0.255 e. The minimum atomic E-state index is -2.14. The average Bonchev–Trinajstić information content (AvgIpc) is 2.67. The van der Waals surface area contributed by atoms with Gasteiger partial charge in [-0.15, -0.1) is 0 Å². The summed E-state index contributed by atoms with van der Waals surface area (Å²) in [7, 11) is 0. The number of hydrogen-bond acceptors (Lipinski definition) is 1. The lowest BCUT2D eigenvalue weighted by Crippen LogP contribution is -2.14. The summed E-state index contributed by atoms with van der Waals surface area (Å²) in [4.78, 5) is 0. The molecule has 0 atom stereocenters. The molecule has 0 heterocycles. The van der Waals surface area contributed by atoms with Crippen LogP contribution in [0.15, 0.2) is 95.8 Å². The maximum absolute atomic E-state index is 6.08. The first kappa shape index (κ1) is 16.8. The highest BCUT2D eigenvalue weighted by molar-refractivity contribution is 8.21. The molecule has 0 spiro atoms. The predicted molar refractivity (Wildman–Crippen MR) is 110 cm³/mol. The van der Waals surface area contributed by atoms with Crippen LogP contribution in [0.25, 0.3) is 0 Å². The monoisotopic (exact) mass is 349 g/mol. The van der Waals surface area contributed by atoms with Crippen molar-refractivity contribution in [2.45, 2.75) is 12.8 Å². The molecular weight excluding hydrogens is 329 g/mol. The van der Waals surface area contributed by atoms with Gasteiger partial charge in [0.2, 0.25) is 0 Å². The van der Waals surface area contributed by atoms with Gasteiger partial charge >= 0.3 is 0 Å². The van der Waals surface area contributed by atoms with Crippen molar-refractivity contribution in [1.82, 2.24) is 0 Å². The Morgan fingerprint density at radius 3 is 1.67 bits per heavy atom. The maximum atomic E-state index is 6.08. The fraction of sp³-hybridized carbons (Fsp3) is 0.0952. The molecule has 0 aliphatic carbocycles. The maximum Gasteiger partial charge on any atom is 0.112 e. The van der Waals surface area contributed by atoms with Crippen molar-refractivity contribution in [3.05, 3.63) is 96.6 Å². The summed E-state index contributed by atoms with van der Waals surface area (Å²) in [5.41, 5.74) is 1.33. The fourth-order valence-corrected chi connectivity index (χ4v) is 5.58. The van der Waals surface area contributed by atoms with Crippen LogP contribution >= 0.6 is 6.19 Å². The number of aryl methyl sites for hydroxylation is 1. The molecule has 1 nitrogen and oxygen atoms in total. The van der Waals surface area contributed by atoms with Crippen molar-refractivity contribution in [3.63, 3.8) is 0 Å². The number of benzene rings is 3. The Hall–Kier alpha value is -2.02. The van der Waals surface area contributed by atoms with Gasteiger partial charge in [-0.3, -0.25) is 4.76 Å². The van der Waals surface area contributed by atoms with Crippen LogP contribution in [0.4, 0.5) is 0 Å². The molecular formula is C21H20NPS. The van der Waals surface area contributed by atoms with Crippen molar-refractivity contribution in [1.29, 1.82) is 0 Å². The molecule has 0 unspecified atom stereocenters. The molecule has 3 aromatic carbocycles. The van der Waals surface area contributed by atoms with E-state index in [9.17, 15) is 0 Å². The molecule has 0 fully saturated rings. The smallest absolute Gasteiger partial charge is 0.112 e. The molecule has 0 aliphatic heterocycles. The first-order valence-electron chi connectivity index (χ1n) is 8.08. The lowest BCUT2D eigenvalue weighted by molar-refractivity contribution is 1.06. The molecule has 120 valence electrons. The van der Waals surface area contributed by atoms with E-state index < -0.39 is 6.19 Å². The molecule has 3 rings (SSSR count).